The SMILES string of the molecule is C[C@@H](O[Si](C)(C)C(C)(C)C)[C@H]1C(=O)N2C(C(=O)O)=C(S(=O)c3ccccc3)C[C@@H]12. The van der Waals surface area contributed by atoms with Crippen LogP contribution in [0.5, 0.6) is 0 Å². The van der Waals surface area contributed by atoms with Crippen molar-refractivity contribution in [3.8, 4) is 0 Å². The van der Waals surface area contributed by atoms with Crippen molar-refractivity contribution in [2.75, 3.05) is 0 Å². The molecule has 2 aliphatic rings. The Morgan fingerprint density at radius 2 is 1.86 bits per heavy atom. The molecule has 6 nitrogen and oxygen atoms in total. The Balaban J connectivity index is 1.85. The van der Waals surface area contributed by atoms with Crippen LogP contribution < -0.4 is 0 Å². The summed E-state index contributed by atoms with van der Waals surface area (Å²) in [7, 11) is -3.69. The normalized spacial score (nSPS) is 24.2. The van der Waals surface area contributed by atoms with Crippen molar-refractivity contribution in [3.05, 3.63) is 40.9 Å². The first-order valence-electron chi connectivity index (χ1n) is 9.81. The lowest BCUT2D eigenvalue weighted by atomic mass is 9.83. The molecule has 2 heterocycles. The number of rotatable bonds is 6. The molecule has 0 spiro atoms. The Morgan fingerprint density at radius 3 is 2.38 bits per heavy atom. The van der Waals surface area contributed by atoms with Crippen molar-refractivity contribution in [1.82, 2.24) is 4.90 Å². The molecule has 29 heavy (non-hydrogen) atoms. The maximum absolute atomic E-state index is 13.1. The van der Waals surface area contributed by atoms with Crippen LogP contribution >= 0.6 is 0 Å². The number of amides is 1. The fourth-order valence-corrected chi connectivity index (χ4v) is 6.58. The lowest BCUT2D eigenvalue weighted by Crippen LogP contribution is -2.63. The van der Waals surface area contributed by atoms with Crippen LogP contribution in [-0.4, -0.2) is 46.6 Å². The van der Waals surface area contributed by atoms with Crippen molar-refractivity contribution in [2.24, 2.45) is 5.92 Å². The van der Waals surface area contributed by atoms with Crippen LogP contribution in [0.15, 0.2) is 45.8 Å². The van der Waals surface area contributed by atoms with Gasteiger partial charge in [-0.25, -0.2) is 9.00 Å². The molecule has 158 valence electrons. The zero-order valence-corrected chi connectivity index (χ0v) is 19.6. The Bertz CT molecular complexity index is 890. The summed E-state index contributed by atoms with van der Waals surface area (Å²) >= 11 is 0. The van der Waals surface area contributed by atoms with Crippen LogP contribution in [0.25, 0.3) is 0 Å². The largest absolute Gasteiger partial charge is 0.477 e. The summed E-state index contributed by atoms with van der Waals surface area (Å²) in [6, 6.07) is 8.45. The summed E-state index contributed by atoms with van der Waals surface area (Å²) in [6.45, 7) is 12.6. The summed E-state index contributed by atoms with van der Waals surface area (Å²) in [5, 5.41) is 9.73. The van der Waals surface area contributed by atoms with Gasteiger partial charge in [-0.05, 0) is 37.2 Å². The van der Waals surface area contributed by atoms with Crippen LogP contribution in [-0.2, 0) is 24.8 Å². The monoisotopic (exact) mass is 435 g/mol. The van der Waals surface area contributed by atoms with Gasteiger partial charge in [-0.1, -0.05) is 39.0 Å². The zero-order valence-electron chi connectivity index (χ0n) is 17.8. The fourth-order valence-electron chi connectivity index (χ4n) is 3.78. The lowest BCUT2D eigenvalue weighted by molar-refractivity contribution is -0.160. The molecule has 1 unspecified atom stereocenters. The van der Waals surface area contributed by atoms with E-state index in [4.69, 9.17) is 4.43 Å². The van der Waals surface area contributed by atoms with E-state index >= 15 is 0 Å². The molecule has 1 aromatic carbocycles. The number of carbonyl (C=O) groups excluding carboxylic acids is 1. The molecule has 4 atom stereocenters. The van der Waals surface area contributed by atoms with Crippen LogP contribution in [0, 0.1) is 5.92 Å². The Hall–Kier alpha value is -1.77. The van der Waals surface area contributed by atoms with Gasteiger partial charge in [-0.3, -0.25) is 4.79 Å². The first kappa shape index (κ1) is 21.9. The van der Waals surface area contributed by atoms with Crippen molar-refractivity contribution >= 4 is 31.0 Å². The first-order valence-corrected chi connectivity index (χ1v) is 13.9. The second-order valence-electron chi connectivity index (χ2n) is 9.25. The number of fused-ring (bicyclic) bond motifs is 1. The van der Waals surface area contributed by atoms with Gasteiger partial charge in [0.15, 0.2) is 8.32 Å². The minimum absolute atomic E-state index is 0.00780. The van der Waals surface area contributed by atoms with Gasteiger partial charge in [-0.15, -0.1) is 0 Å². The average molecular weight is 436 g/mol. The van der Waals surface area contributed by atoms with E-state index in [1.807, 2.05) is 13.0 Å². The smallest absolute Gasteiger partial charge is 0.353 e. The van der Waals surface area contributed by atoms with E-state index < -0.39 is 31.0 Å². The molecule has 1 amide bonds. The highest BCUT2D eigenvalue weighted by molar-refractivity contribution is 7.89. The highest BCUT2D eigenvalue weighted by atomic mass is 32.2. The number of carboxylic acid groups (broad SMARTS) is 1. The predicted molar refractivity (Wildman–Crippen MR) is 114 cm³/mol. The van der Waals surface area contributed by atoms with E-state index in [-0.39, 0.29) is 28.8 Å². The molecule has 2 aliphatic heterocycles. The van der Waals surface area contributed by atoms with Gasteiger partial charge in [0.1, 0.15) is 5.70 Å². The standard InChI is InChI=1S/C21H29NO5SSi/c1-13(27-29(5,6)21(2,3)4)17-15-12-16(18(20(24)25)22(15)19(17)23)28(26)14-10-8-7-9-11-14/h7-11,13,15,17H,12H2,1-6H3,(H,24,25)/t13-,15+,17-,28?/m1/s1. The summed E-state index contributed by atoms with van der Waals surface area (Å²) in [5.41, 5.74) is -0.127. The third-order valence-electron chi connectivity index (χ3n) is 6.34. The van der Waals surface area contributed by atoms with E-state index in [0.29, 0.717) is 16.2 Å². The summed E-state index contributed by atoms with van der Waals surface area (Å²) in [6.07, 6.45) is -0.0192. The molecule has 0 aliphatic carbocycles. The Morgan fingerprint density at radius 1 is 1.28 bits per heavy atom. The summed E-state index contributed by atoms with van der Waals surface area (Å²) in [5.74, 6) is -1.88. The summed E-state index contributed by atoms with van der Waals surface area (Å²) in [4.78, 5) is 27.0. The molecule has 0 radical (unpaired) electrons. The van der Waals surface area contributed by atoms with E-state index in [2.05, 4.69) is 33.9 Å². The predicted octanol–water partition coefficient (Wildman–Crippen LogP) is 3.73. The molecular weight excluding hydrogens is 406 g/mol. The van der Waals surface area contributed by atoms with Crippen molar-refractivity contribution in [1.29, 1.82) is 0 Å². The number of hydrogen-bond acceptors (Lipinski definition) is 4. The Labute approximate surface area is 175 Å². The van der Waals surface area contributed by atoms with E-state index in [1.165, 1.54) is 4.90 Å². The molecule has 3 rings (SSSR count). The second-order valence-corrected chi connectivity index (χ2v) is 15.5. The van der Waals surface area contributed by atoms with Gasteiger partial charge in [0, 0.05) is 11.3 Å². The molecule has 0 saturated carbocycles. The lowest BCUT2D eigenvalue weighted by Gasteiger charge is -2.48. The van der Waals surface area contributed by atoms with Gasteiger partial charge in [0.05, 0.1) is 33.8 Å². The van der Waals surface area contributed by atoms with Gasteiger partial charge in [0.2, 0.25) is 5.91 Å². The zero-order chi connectivity index (χ0) is 21.7. The topological polar surface area (TPSA) is 83.9 Å². The Kier molecular flexibility index (Phi) is 5.66. The fraction of sp³-hybridized carbons (Fsp3) is 0.524. The van der Waals surface area contributed by atoms with Gasteiger partial charge < -0.3 is 14.4 Å². The average Bonchev–Trinajstić information content (AvgIpc) is 2.95. The molecular formula is C21H29NO5SSi. The van der Waals surface area contributed by atoms with Crippen LogP contribution in [0.1, 0.15) is 34.1 Å². The number of benzene rings is 1. The molecule has 0 aromatic heterocycles. The van der Waals surface area contributed by atoms with Crippen molar-refractivity contribution in [2.45, 2.75) is 69.3 Å². The number of aliphatic carboxylic acids is 1. The maximum atomic E-state index is 13.1. The van der Waals surface area contributed by atoms with Gasteiger partial charge in [-0.2, -0.15) is 0 Å². The maximum Gasteiger partial charge on any atom is 0.353 e. The van der Waals surface area contributed by atoms with Crippen molar-refractivity contribution < 1.29 is 23.3 Å². The van der Waals surface area contributed by atoms with Crippen LogP contribution in [0.3, 0.4) is 0 Å². The van der Waals surface area contributed by atoms with Crippen molar-refractivity contribution in [3.63, 3.8) is 0 Å². The van der Waals surface area contributed by atoms with E-state index in [9.17, 15) is 18.9 Å². The highest BCUT2D eigenvalue weighted by Gasteiger charge is 2.58. The van der Waals surface area contributed by atoms with E-state index in [0.717, 1.165) is 0 Å². The van der Waals surface area contributed by atoms with Gasteiger partial charge >= 0.3 is 5.97 Å². The molecule has 8 heteroatoms. The molecule has 1 aromatic rings. The van der Waals surface area contributed by atoms with Crippen LogP contribution in [0.4, 0.5) is 0 Å². The minimum Gasteiger partial charge on any atom is -0.477 e. The molecule has 1 fully saturated rings. The van der Waals surface area contributed by atoms with Crippen LogP contribution in [0.2, 0.25) is 18.1 Å². The second kappa shape index (κ2) is 7.48. The molecule has 1 N–H and O–H groups in total. The number of β-lactam (4-membered cyclic amide) rings is 1. The first-order chi connectivity index (χ1) is 13.4. The quantitative estimate of drug-likeness (QED) is 0.544. The highest BCUT2D eigenvalue weighted by Crippen LogP contribution is 2.47. The molecule has 1 saturated heterocycles. The number of nitrogens with zero attached hydrogens (tertiary/aromatic N) is 1. The third kappa shape index (κ3) is 3.73. The number of hydrogen-bond donors (Lipinski definition) is 1. The minimum atomic E-state index is -2.08. The third-order valence-corrected chi connectivity index (χ3v) is 12.4. The van der Waals surface area contributed by atoms with Gasteiger partial charge in [0.25, 0.3) is 0 Å². The summed E-state index contributed by atoms with van der Waals surface area (Å²) < 4.78 is 19.5. The number of carboxylic acids is 1. The number of carbonyl (C=O) groups is 2. The van der Waals surface area contributed by atoms with E-state index in [1.54, 1.807) is 24.3 Å². The molecule has 0 bridgehead atoms.